The standard InChI is InChI=1S/C13H18BrN5S/c1-15-13(17-9-12-8-11(14)10-20-12)16-4-2-6-19-7-3-5-18-19/h3,5,7-8,10H,2,4,6,9H2,1H3,(H2,15,16,17). The molecule has 0 fully saturated rings. The van der Waals surface area contributed by atoms with Crippen LogP contribution in [0.3, 0.4) is 0 Å². The first-order valence-corrected chi connectivity index (χ1v) is 8.10. The van der Waals surface area contributed by atoms with Crippen molar-refractivity contribution in [3.63, 3.8) is 0 Å². The lowest BCUT2D eigenvalue weighted by atomic mass is 10.4. The Morgan fingerprint density at radius 2 is 2.40 bits per heavy atom. The van der Waals surface area contributed by atoms with Gasteiger partial charge >= 0.3 is 0 Å². The molecule has 0 atom stereocenters. The first-order valence-electron chi connectivity index (χ1n) is 6.43. The highest BCUT2D eigenvalue weighted by atomic mass is 79.9. The third kappa shape index (κ3) is 4.97. The number of aromatic nitrogens is 2. The molecule has 20 heavy (non-hydrogen) atoms. The van der Waals surface area contributed by atoms with Crippen LogP contribution in [-0.2, 0) is 13.1 Å². The van der Waals surface area contributed by atoms with E-state index in [9.17, 15) is 0 Å². The zero-order valence-electron chi connectivity index (χ0n) is 11.3. The summed E-state index contributed by atoms with van der Waals surface area (Å²) >= 11 is 5.18. The third-order valence-electron chi connectivity index (χ3n) is 2.69. The number of halogens is 1. The Bertz CT molecular complexity index is 535. The fourth-order valence-corrected chi connectivity index (χ4v) is 3.11. The van der Waals surface area contributed by atoms with Crippen molar-refractivity contribution < 1.29 is 0 Å². The molecule has 2 aromatic rings. The summed E-state index contributed by atoms with van der Waals surface area (Å²) in [5.41, 5.74) is 0. The average Bonchev–Trinajstić information content (AvgIpc) is 3.09. The number of aryl methyl sites for hydroxylation is 1. The van der Waals surface area contributed by atoms with Gasteiger partial charge in [0.25, 0.3) is 0 Å². The Labute approximate surface area is 131 Å². The Kier molecular flexibility index (Phi) is 6.07. The number of thiophene rings is 1. The van der Waals surface area contributed by atoms with Gasteiger partial charge in [-0.05, 0) is 34.5 Å². The molecule has 0 amide bonds. The van der Waals surface area contributed by atoms with E-state index in [4.69, 9.17) is 0 Å². The van der Waals surface area contributed by atoms with Gasteiger partial charge in [0.15, 0.2) is 5.96 Å². The molecular formula is C13H18BrN5S. The number of hydrogen-bond donors (Lipinski definition) is 2. The molecule has 2 aromatic heterocycles. The minimum absolute atomic E-state index is 0.787. The summed E-state index contributed by atoms with van der Waals surface area (Å²) in [6.07, 6.45) is 4.78. The van der Waals surface area contributed by atoms with Crippen LogP contribution in [0, 0.1) is 0 Å². The topological polar surface area (TPSA) is 54.2 Å². The lowest BCUT2D eigenvalue weighted by Gasteiger charge is -2.11. The molecule has 2 rings (SSSR count). The molecule has 0 aliphatic heterocycles. The highest BCUT2D eigenvalue weighted by Crippen LogP contribution is 2.19. The maximum Gasteiger partial charge on any atom is 0.191 e. The van der Waals surface area contributed by atoms with E-state index in [-0.39, 0.29) is 0 Å². The van der Waals surface area contributed by atoms with Gasteiger partial charge in [0.2, 0.25) is 0 Å². The van der Waals surface area contributed by atoms with Gasteiger partial charge in [0.05, 0.1) is 6.54 Å². The fraction of sp³-hybridized carbons (Fsp3) is 0.385. The van der Waals surface area contributed by atoms with Crippen LogP contribution in [0.1, 0.15) is 11.3 Å². The quantitative estimate of drug-likeness (QED) is 0.475. The van der Waals surface area contributed by atoms with E-state index in [1.165, 1.54) is 4.88 Å². The second kappa shape index (κ2) is 8.06. The number of hydrogen-bond acceptors (Lipinski definition) is 3. The molecule has 108 valence electrons. The van der Waals surface area contributed by atoms with Gasteiger partial charge in [-0.3, -0.25) is 9.67 Å². The van der Waals surface area contributed by atoms with E-state index in [1.54, 1.807) is 24.6 Å². The van der Waals surface area contributed by atoms with Crippen LogP contribution < -0.4 is 10.6 Å². The summed E-state index contributed by atoms with van der Waals surface area (Å²) < 4.78 is 3.06. The van der Waals surface area contributed by atoms with E-state index < -0.39 is 0 Å². The van der Waals surface area contributed by atoms with Crippen molar-refractivity contribution in [1.29, 1.82) is 0 Å². The first kappa shape index (κ1) is 15.1. The van der Waals surface area contributed by atoms with E-state index in [2.05, 4.69) is 48.1 Å². The fourth-order valence-electron chi connectivity index (χ4n) is 1.72. The monoisotopic (exact) mass is 355 g/mol. The Balaban J connectivity index is 1.65. The predicted molar refractivity (Wildman–Crippen MR) is 87.1 cm³/mol. The van der Waals surface area contributed by atoms with Crippen molar-refractivity contribution in [3.8, 4) is 0 Å². The van der Waals surface area contributed by atoms with Gasteiger partial charge in [-0.25, -0.2) is 0 Å². The lowest BCUT2D eigenvalue weighted by Crippen LogP contribution is -2.37. The zero-order chi connectivity index (χ0) is 14.2. The van der Waals surface area contributed by atoms with Crippen LogP contribution in [0.5, 0.6) is 0 Å². The van der Waals surface area contributed by atoms with Crippen molar-refractivity contribution in [2.75, 3.05) is 13.6 Å². The van der Waals surface area contributed by atoms with Crippen molar-refractivity contribution in [2.24, 2.45) is 4.99 Å². The molecule has 0 aliphatic rings. The maximum absolute atomic E-state index is 4.21. The normalized spacial score (nSPS) is 11.6. The summed E-state index contributed by atoms with van der Waals surface area (Å²) in [7, 11) is 1.78. The van der Waals surface area contributed by atoms with Crippen molar-refractivity contribution in [2.45, 2.75) is 19.5 Å². The van der Waals surface area contributed by atoms with E-state index in [1.807, 2.05) is 16.9 Å². The maximum atomic E-state index is 4.21. The van der Waals surface area contributed by atoms with Gasteiger partial charge in [-0.1, -0.05) is 0 Å². The molecule has 0 aliphatic carbocycles. The number of guanidine groups is 1. The van der Waals surface area contributed by atoms with Crippen LogP contribution >= 0.6 is 27.3 Å². The van der Waals surface area contributed by atoms with Crippen LogP contribution in [0.25, 0.3) is 0 Å². The molecule has 7 heteroatoms. The zero-order valence-corrected chi connectivity index (χ0v) is 13.7. The van der Waals surface area contributed by atoms with Gasteiger partial charge in [0.1, 0.15) is 0 Å². The molecule has 0 spiro atoms. The van der Waals surface area contributed by atoms with Gasteiger partial charge < -0.3 is 10.6 Å². The van der Waals surface area contributed by atoms with Crippen LogP contribution in [0.2, 0.25) is 0 Å². The molecule has 0 saturated heterocycles. The van der Waals surface area contributed by atoms with Crippen molar-refractivity contribution in [3.05, 3.63) is 39.3 Å². The molecule has 0 radical (unpaired) electrons. The Morgan fingerprint density at radius 1 is 1.50 bits per heavy atom. The van der Waals surface area contributed by atoms with Gasteiger partial charge in [0, 0.05) is 47.3 Å². The molecule has 0 bridgehead atoms. The minimum Gasteiger partial charge on any atom is -0.356 e. The molecule has 2 N–H and O–H groups in total. The summed E-state index contributed by atoms with van der Waals surface area (Å²) in [6.45, 7) is 2.57. The summed E-state index contributed by atoms with van der Waals surface area (Å²) in [5.74, 6) is 0.829. The van der Waals surface area contributed by atoms with Gasteiger partial charge in [-0.2, -0.15) is 5.10 Å². The van der Waals surface area contributed by atoms with Crippen molar-refractivity contribution in [1.82, 2.24) is 20.4 Å². The summed E-state index contributed by atoms with van der Waals surface area (Å²) in [4.78, 5) is 5.48. The Hall–Kier alpha value is -1.34. The smallest absolute Gasteiger partial charge is 0.191 e. The van der Waals surface area contributed by atoms with Gasteiger partial charge in [-0.15, -0.1) is 11.3 Å². The van der Waals surface area contributed by atoms with Crippen LogP contribution in [0.4, 0.5) is 0 Å². The largest absolute Gasteiger partial charge is 0.356 e. The second-order valence-electron chi connectivity index (χ2n) is 4.21. The predicted octanol–water partition coefficient (Wildman–Crippen LogP) is 2.46. The van der Waals surface area contributed by atoms with Crippen molar-refractivity contribution >= 4 is 33.2 Å². The summed E-state index contributed by atoms with van der Waals surface area (Å²) in [6, 6.07) is 4.05. The SMILES string of the molecule is CN=C(NCCCn1cccn1)NCc1cc(Br)cs1. The number of nitrogens with zero attached hydrogens (tertiary/aromatic N) is 3. The molecular weight excluding hydrogens is 338 g/mol. The number of aliphatic imine (C=N–C) groups is 1. The van der Waals surface area contributed by atoms with E-state index in [0.29, 0.717) is 0 Å². The molecule has 0 aromatic carbocycles. The first-order chi connectivity index (χ1) is 9.78. The molecule has 0 saturated carbocycles. The minimum atomic E-state index is 0.787. The molecule has 0 unspecified atom stereocenters. The lowest BCUT2D eigenvalue weighted by molar-refractivity contribution is 0.570. The summed E-state index contributed by atoms with van der Waals surface area (Å²) in [5, 5.41) is 12.9. The van der Waals surface area contributed by atoms with E-state index >= 15 is 0 Å². The number of nitrogens with one attached hydrogen (secondary N) is 2. The molecule has 2 heterocycles. The highest BCUT2D eigenvalue weighted by Gasteiger charge is 2.00. The van der Waals surface area contributed by atoms with E-state index in [0.717, 1.165) is 36.5 Å². The Morgan fingerprint density at radius 3 is 3.05 bits per heavy atom. The number of rotatable bonds is 6. The third-order valence-corrected chi connectivity index (χ3v) is 4.39. The second-order valence-corrected chi connectivity index (χ2v) is 6.12. The average molecular weight is 356 g/mol. The van der Waals surface area contributed by atoms with Crippen LogP contribution in [0.15, 0.2) is 39.4 Å². The highest BCUT2D eigenvalue weighted by molar-refractivity contribution is 9.10. The molecule has 5 nitrogen and oxygen atoms in total. The van der Waals surface area contributed by atoms with Crippen LogP contribution in [-0.4, -0.2) is 29.3 Å².